The highest BCUT2D eigenvalue weighted by atomic mass is 16.6. The van der Waals surface area contributed by atoms with Gasteiger partial charge in [0.2, 0.25) is 0 Å². The molecule has 0 aliphatic carbocycles. The highest BCUT2D eigenvalue weighted by Gasteiger charge is 2.46. The third-order valence-corrected chi connectivity index (χ3v) is 3.21. The van der Waals surface area contributed by atoms with Crippen LogP contribution >= 0.6 is 0 Å². The monoisotopic (exact) mass is 292 g/mol. The van der Waals surface area contributed by atoms with Gasteiger partial charge in [-0.1, -0.05) is 29.4 Å². The number of benzene rings is 1. The molecule has 0 bridgehead atoms. The number of oxime groups is 1. The van der Waals surface area contributed by atoms with Gasteiger partial charge in [-0.05, 0) is 31.9 Å². The first-order chi connectivity index (χ1) is 9.73. The average Bonchev–Trinajstić information content (AvgIpc) is 2.34. The Labute approximate surface area is 123 Å². The molecule has 1 aromatic rings. The van der Waals surface area contributed by atoms with Crippen molar-refractivity contribution >= 4 is 12.3 Å². The zero-order valence-corrected chi connectivity index (χ0v) is 12.4. The summed E-state index contributed by atoms with van der Waals surface area (Å²) in [6.45, 7) is 5.82. The van der Waals surface area contributed by atoms with Gasteiger partial charge in [0, 0.05) is 0 Å². The molecule has 0 spiro atoms. The molecule has 0 unspecified atom stereocenters. The van der Waals surface area contributed by atoms with Crippen molar-refractivity contribution in [2.45, 2.75) is 32.0 Å². The maximum Gasteiger partial charge on any atom is 0.410 e. The van der Waals surface area contributed by atoms with E-state index in [9.17, 15) is 9.90 Å². The summed E-state index contributed by atoms with van der Waals surface area (Å²) in [6, 6.07) is 6.99. The number of carbonyl (C=O) groups is 1. The van der Waals surface area contributed by atoms with E-state index in [2.05, 4.69) is 5.16 Å². The zero-order chi connectivity index (χ0) is 15.7. The van der Waals surface area contributed by atoms with Crippen molar-refractivity contribution < 1.29 is 19.8 Å². The fourth-order valence-electron chi connectivity index (χ4n) is 2.17. The lowest BCUT2D eigenvalue weighted by Gasteiger charge is -2.46. The van der Waals surface area contributed by atoms with Gasteiger partial charge in [0.05, 0.1) is 19.3 Å². The summed E-state index contributed by atoms with van der Waals surface area (Å²) < 4.78 is 5.25. The van der Waals surface area contributed by atoms with Gasteiger partial charge in [0.25, 0.3) is 0 Å². The summed E-state index contributed by atoms with van der Waals surface area (Å²) in [5, 5.41) is 21.9. The lowest BCUT2D eigenvalue weighted by Crippen LogP contribution is -2.61. The van der Waals surface area contributed by atoms with E-state index in [1.807, 2.05) is 0 Å². The molecule has 0 radical (unpaired) electrons. The number of β-amino-alcohol motifs (C(OH)–C–C–N with tert-alkyl or cyclic N) is 1. The molecule has 1 heterocycles. The molecule has 1 saturated heterocycles. The smallest absolute Gasteiger partial charge is 0.410 e. The predicted octanol–water partition coefficient (Wildman–Crippen LogP) is 1.93. The van der Waals surface area contributed by atoms with Gasteiger partial charge in [0.15, 0.2) is 0 Å². The second-order valence-corrected chi connectivity index (χ2v) is 6.23. The van der Waals surface area contributed by atoms with Crippen LogP contribution in [0.3, 0.4) is 0 Å². The van der Waals surface area contributed by atoms with Gasteiger partial charge in [-0.3, -0.25) is 0 Å². The van der Waals surface area contributed by atoms with Crippen LogP contribution < -0.4 is 0 Å². The van der Waals surface area contributed by atoms with E-state index in [1.54, 1.807) is 45.0 Å². The Bertz CT molecular complexity index is 540. The molecule has 6 nitrogen and oxygen atoms in total. The number of amides is 1. The van der Waals surface area contributed by atoms with Crippen molar-refractivity contribution in [1.29, 1.82) is 0 Å². The number of hydrogen-bond donors (Lipinski definition) is 2. The molecular weight excluding hydrogens is 272 g/mol. The first kappa shape index (κ1) is 15.3. The lowest BCUT2D eigenvalue weighted by molar-refractivity contribution is -0.103. The van der Waals surface area contributed by atoms with Gasteiger partial charge in [-0.15, -0.1) is 0 Å². The van der Waals surface area contributed by atoms with Crippen LogP contribution in [0.15, 0.2) is 29.4 Å². The van der Waals surface area contributed by atoms with E-state index < -0.39 is 17.3 Å². The Morgan fingerprint density at radius 3 is 2.38 bits per heavy atom. The molecule has 2 rings (SSSR count). The lowest BCUT2D eigenvalue weighted by atomic mass is 9.86. The van der Waals surface area contributed by atoms with Gasteiger partial charge in [-0.2, -0.15) is 0 Å². The Morgan fingerprint density at radius 2 is 1.90 bits per heavy atom. The highest BCUT2D eigenvalue weighted by Crippen LogP contribution is 2.32. The maximum atomic E-state index is 11.8. The fourth-order valence-corrected chi connectivity index (χ4v) is 2.17. The van der Waals surface area contributed by atoms with Crippen molar-refractivity contribution in [2.24, 2.45) is 5.16 Å². The third kappa shape index (κ3) is 3.52. The summed E-state index contributed by atoms with van der Waals surface area (Å²) in [4.78, 5) is 13.3. The molecule has 0 atom stereocenters. The van der Waals surface area contributed by atoms with Crippen LogP contribution in [0.1, 0.15) is 31.9 Å². The van der Waals surface area contributed by atoms with E-state index in [0.29, 0.717) is 0 Å². The van der Waals surface area contributed by atoms with E-state index >= 15 is 0 Å². The van der Waals surface area contributed by atoms with Crippen molar-refractivity contribution in [1.82, 2.24) is 4.90 Å². The second-order valence-electron chi connectivity index (χ2n) is 6.23. The van der Waals surface area contributed by atoms with Crippen LogP contribution in [-0.2, 0) is 10.3 Å². The SMILES string of the molecule is CC(C)(C)OC(=O)N1CC(O)(c2ccc(C=NO)cc2)C1. The molecule has 1 aliphatic heterocycles. The van der Waals surface area contributed by atoms with Crippen molar-refractivity contribution in [2.75, 3.05) is 13.1 Å². The van der Waals surface area contributed by atoms with E-state index in [0.717, 1.165) is 11.1 Å². The molecule has 1 aliphatic rings. The largest absolute Gasteiger partial charge is 0.444 e. The van der Waals surface area contributed by atoms with Gasteiger partial charge >= 0.3 is 6.09 Å². The van der Waals surface area contributed by atoms with E-state index in [-0.39, 0.29) is 13.1 Å². The summed E-state index contributed by atoms with van der Waals surface area (Å²) in [5.74, 6) is 0. The van der Waals surface area contributed by atoms with Gasteiger partial charge in [0.1, 0.15) is 11.2 Å². The summed E-state index contributed by atoms with van der Waals surface area (Å²) in [5.41, 5.74) is -0.146. The van der Waals surface area contributed by atoms with Gasteiger partial charge < -0.3 is 20.0 Å². The molecule has 21 heavy (non-hydrogen) atoms. The minimum atomic E-state index is -1.05. The molecular formula is C15H20N2O4. The average molecular weight is 292 g/mol. The van der Waals surface area contributed by atoms with E-state index in [1.165, 1.54) is 11.1 Å². The summed E-state index contributed by atoms with van der Waals surface area (Å²) in [7, 11) is 0. The predicted molar refractivity (Wildman–Crippen MR) is 77.5 cm³/mol. The van der Waals surface area contributed by atoms with Crippen LogP contribution in [0.2, 0.25) is 0 Å². The minimum Gasteiger partial charge on any atom is -0.444 e. The molecule has 114 valence electrons. The van der Waals surface area contributed by atoms with Crippen LogP contribution in [0.5, 0.6) is 0 Å². The standard InChI is InChI=1S/C15H20N2O4/c1-14(2,3)21-13(18)17-9-15(19,10-17)12-6-4-11(5-7-12)8-16-20/h4-8,19-20H,9-10H2,1-3H3. The number of hydrogen-bond acceptors (Lipinski definition) is 5. The molecule has 1 amide bonds. The quantitative estimate of drug-likeness (QED) is 0.496. The maximum absolute atomic E-state index is 11.8. The fraction of sp³-hybridized carbons (Fsp3) is 0.467. The Hall–Kier alpha value is -2.08. The highest BCUT2D eigenvalue weighted by molar-refractivity contribution is 5.79. The van der Waals surface area contributed by atoms with Gasteiger partial charge in [-0.25, -0.2) is 4.79 Å². The van der Waals surface area contributed by atoms with Crippen LogP contribution in [0.4, 0.5) is 4.79 Å². The number of ether oxygens (including phenoxy) is 1. The summed E-state index contributed by atoms with van der Waals surface area (Å²) in [6.07, 6.45) is 0.887. The molecule has 2 N–H and O–H groups in total. The van der Waals surface area contributed by atoms with Crippen LogP contribution in [0, 0.1) is 0 Å². The van der Waals surface area contributed by atoms with Crippen LogP contribution in [-0.4, -0.2) is 46.2 Å². The number of aliphatic hydroxyl groups is 1. The normalized spacial score (nSPS) is 17.6. The first-order valence-corrected chi connectivity index (χ1v) is 6.72. The zero-order valence-electron chi connectivity index (χ0n) is 12.4. The number of likely N-dealkylation sites (tertiary alicyclic amines) is 1. The van der Waals surface area contributed by atoms with Crippen molar-refractivity contribution in [3.63, 3.8) is 0 Å². The number of carbonyl (C=O) groups excluding carboxylic acids is 1. The van der Waals surface area contributed by atoms with Crippen LogP contribution in [0.25, 0.3) is 0 Å². The topological polar surface area (TPSA) is 82.4 Å². The third-order valence-electron chi connectivity index (χ3n) is 3.21. The molecule has 0 aromatic heterocycles. The Morgan fingerprint density at radius 1 is 1.33 bits per heavy atom. The van der Waals surface area contributed by atoms with E-state index in [4.69, 9.17) is 9.94 Å². The summed E-state index contributed by atoms with van der Waals surface area (Å²) >= 11 is 0. The number of nitrogens with zero attached hydrogens (tertiary/aromatic N) is 2. The second kappa shape index (κ2) is 5.37. The molecule has 0 saturated carbocycles. The molecule has 1 aromatic carbocycles. The number of rotatable bonds is 2. The first-order valence-electron chi connectivity index (χ1n) is 6.72. The minimum absolute atomic E-state index is 0.204. The molecule has 1 fully saturated rings. The Balaban J connectivity index is 1.99. The Kier molecular flexibility index (Phi) is 3.91. The van der Waals surface area contributed by atoms with Crippen molar-refractivity contribution in [3.8, 4) is 0 Å². The van der Waals surface area contributed by atoms with Crippen molar-refractivity contribution in [3.05, 3.63) is 35.4 Å². The molecule has 6 heteroatoms.